The molecule has 2 N–H and O–H groups in total. The van der Waals surface area contributed by atoms with Crippen molar-refractivity contribution in [1.82, 2.24) is 4.31 Å². The van der Waals surface area contributed by atoms with E-state index in [1.165, 1.54) is 18.4 Å². The standard InChI is InChI=1S/C13H22N2O3S/c1-10(2)13(9-16)14-11-5-7-12(8-6-11)19(17,18)15(3)4/h5-8,10,13-14,16H,9H2,1-4H3. The minimum absolute atomic E-state index is 0.0371. The van der Waals surface area contributed by atoms with Gasteiger partial charge in [-0.05, 0) is 30.2 Å². The van der Waals surface area contributed by atoms with Crippen molar-refractivity contribution < 1.29 is 13.5 Å². The lowest BCUT2D eigenvalue weighted by Gasteiger charge is -2.21. The van der Waals surface area contributed by atoms with Crippen LogP contribution in [0.2, 0.25) is 0 Å². The van der Waals surface area contributed by atoms with Crippen molar-refractivity contribution in [2.45, 2.75) is 24.8 Å². The smallest absolute Gasteiger partial charge is 0.242 e. The molecule has 0 aromatic heterocycles. The van der Waals surface area contributed by atoms with Crippen molar-refractivity contribution in [3.8, 4) is 0 Å². The molecule has 0 saturated heterocycles. The second-order valence-corrected chi connectivity index (χ2v) is 7.14. The van der Waals surface area contributed by atoms with E-state index in [9.17, 15) is 13.5 Å². The lowest BCUT2D eigenvalue weighted by Crippen LogP contribution is -2.29. The van der Waals surface area contributed by atoms with Gasteiger partial charge in [-0.15, -0.1) is 0 Å². The summed E-state index contributed by atoms with van der Waals surface area (Å²) < 4.78 is 25.0. The van der Waals surface area contributed by atoms with Gasteiger partial charge in [0, 0.05) is 19.8 Å². The van der Waals surface area contributed by atoms with E-state index in [2.05, 4.69) is 5.32 Å². The average Bonchev–Trinajstić information content (AvgIpc) is 2.35. The van der Waals surface area contributed by atoms with Crippen LogP contribution in [0.5, 0.6) is 0 Å². The van der Waals surface area contributed by atoms with Gasteiger partial charge in [0.15, 0.2) is 0 Å². The summed E-state index contributed by atoms with van der Waals surface area (Å²) in [6.07, 6.45) is 0. The van der Waals surface area contributed by atoms with Crippen LogP contribution in [0.25, 0.3) is 0 Å². The van der Waals surface area contributed by atoms with Crippen molar-refractivity contribution >= 4 is 15.7 Å². The maximum atomic E-state index is 11.9. The van der Waals surface area contributed by atoms with Crippen LogP contribution in [0.15, 0.2) is 29.2 Å². The normalized spacial score (nSPS) is 13.8. The number of nitrogens with zero attached hydrogens (tertiary/aromatic N) is 1. The van der Waals surface area contributed by atoms with E-state index in [4.69, 9.17) is 0 Å². The predicted octanol–water partition coefficient (Wildman–Crippen LogP) is 1.37. The summed E-state index contributed by atoms with van der Waals surface area (Å²) in [5, 5.41) is 12.4. The molecule has 0 aliphatic carbocycles. The Balaban J connectivity index is 2.89. The number of aliphatic hydroxyl groups is 1. The summed E-state index contributed by atoms with van der Waals surface area (Å²) in [7, 11) is -0.384. The Hall–Kier alpha value is -1.11. The number of rotatable bonds is 6. The average molecular weight is 286 g/mol. The lowest BCUT2D eigenvalue weighted by molar-refractivity contribution is 0.249. The fourth-order valence-corrected chi connectivity index (χ4v) is 2.47. The Morgan fingerprint density at radius 3 is 2.11 bits per heavy atom. The fourth-order valence-electron chi connectivity index (χ4n) is 1.57. The molecule has 0 spiro atoms. The Morgan fingerprint density at radius 2 is 1.74 bits per heavy atom. The van der Waals surface area contributed by atoms with Gasteiger partial charge >= 0.3 is 0 Å². The number of hydrogen-bond acceptors (Lipinski definition) is 4. The topological polar surface area (TPSA) is 69.6 Å². The molecule has 6 heteroatoms. The zero-order chi connectivity index (χ0) is 14.6. The molecular weight excluding hydrogens is 264 g/mol. The number of benzene rings is 1. The molecule has 1 atom stereocenters. The van der Waals surface area contributed by atoms with Gasteiger partial charge in [0.05, 0.1) is 17.5 Å². The third-order valence-electron chi connectivity index (χ3n) is 2.99. The molecule has 1 unspecified atom stereocenters. The van der Waals surface area contributed by atoms with Crippen LogP contribution in [0.1, 0.15) is 13.8 Å². The molecule has 0 saturated carbocycles. The number of aliphatic hydroxyl groups excluding tert-OH is 1. The van der Waals surface area contributed by atoms with Crippen LogP contribution in [0.3, 0.4) is 0 Å². The lowest BCUT2D eigenvalue weighted by atomic mass is 10.1. The minimum Gasteiger partial charge on any atom is -0.394 e. The summed E-state index contributed by atoms with van der Waals surface area (Å²) in [5.41, 5.74) is 0.797. The van der Waals surface area contributed by atoms with Gasteiger partial charge in [-0.3, -0.25) is 0 Å². The van der Waals surface area contributed by atoms with Gasteiger partial charge in [0.25, 0.3) is 0 Å². The van der Waals surface area contributed by atoms with Crippen LogP contribution >= 0.6 is 0 Å². The largest absolute Gasteiger partial charge is 0.394 e. The van der Waals surface area contributed by atoms with Crippen molar-refractivity contribution in [3.63, 3.8) is 0 Å². The van der Waals surface area contributed by atoms with Gasteiger partial charge < -0.3 is 10.4 Å². The van der Waals surface area contributed by atoms with Crippen LogP contribution in [0.4, 0.5) is 5.69 Å². The van der Waals surface area contributed by atoms with E-state index < -0.39 is 10.0 Å². The first-order valence-electron chi connectivity index (χ1n) is 6.19. The highest BCUT2D eigenvalue weighted by molar-refractivity contribution is 7.89. The van der Waals surface area contributed by atoms with E-state index >= 15 is 0 Å². The summed E-state index contributed by atoms with van der Waals surface area (Å²) in [4.78, 5) is 0.258. The molecular formula is C13H22N2O3S. The zero-order valence-corrected chi connectivity index (χ0v) is 12.6. The molecule has 1 aromatic rings. The number of anilines is 1. The van der Waals surface area contributed by atoms with Gasteiger partial charge in [0.2, 0.25) is 10.0 Å². The summed E-state index contributed by atoms with van der Waals surface area (Å²) in [6, 6.07) is 6.50. The van der Waals surface area contributed by atoms with Crippen molar-refractivity contribution in [3.05, 3.63) is 24.3 Å². The SMILES string of the molecule is CC(C)C(CO)Nc1ccc(S(=O)(=O)N(C)C)cc1. The molecule has 5 nitrogen and oxygen atoms in total. The monoisotopic (exact) mass is 286 g/mol. The van der Waals surface area contributed by atoms with Crippen LogP contribution < -0.4 is 5.32 Å². The molecule has 19 heavy (non-hydrogen) atoms. The highest BCUT2D eigenvalue weighted by Crippen LogP contribution is 2.18. The maximum Gasteiger partial charge on any atom is 0.242 e. The molecule has 0 aliphatic heterocycles. The molecule has 108 valence electrons. The molecule has 1 aromatic carbocycles. The first-order chi connectivity index (χ1) is 8.78. The minimum atomic E-state index is -3.39. The Kier molecular flexibility index (Phi) is 5.34. The Labute approximate surface area is 115 Å². The van der Waals surface area contributed by atoms with E-state index in [0.717, 1.165) is 5.69 Å². The fraction of sp³-hybridized carbons (Fsp3) is 0.538. The summed E-state index contributed by atoms with van der Waals surface area (Å²) in [5.74, 6) is 0.287. The van der Waals surface area contributed by atoms with Gasteiger partial charge in [0.1, 0.15) is 0 Å². The van der Waals surface area contributed by atoms with E-state index in [1.54, 1.807) is 24.3 Å². The van der Waals surface area contributed by atoms with E-state index in [0.29, 0.717) is 0 Å². The first-order valence-corrected chi connectivity index (χ1v) is 7.63. The predicted molar refractivity (Wildman–Crippen MR) is 76.6 cm³/mol. The number of hydrogen-bond donors (Lipinski definition) is 2. The Bertz CT molecular complexity index is 495. The van der Waals surface area contributed by atoms with E-state index in [1.807, 2.05) is 13.8 Å². The quantitative estimate of drug-likeness (QED) is 0.828. The molecule has 0 bridgehead atoms. The maximum absolute atomic E-state index is 11.9. The van der Waals surface area contributed by atoms with Crippen LogP contribution in [-0.2, 0) is 10.0 Å². The highest BCUT2D eigenvalue weighted by atomic mass is 32.2. The van der Waals surface area contributed by atoms with Crippen LogP contribution in [-0.4, -0.2) is 44.6 Å². The molecule has 0 heterocycles. The van der Waals surface area contributed by atoms with Gasteiger partial charge in [-0.25, -0.2) is 12.7 Å². The van der Waals surface area contributed by atoms with Crippen LogP contribution in [0, 0.1) is 5.92 Å². The molecule has 0 aliphatic rings. The Morgan fingerprint density at radius 1 is 1.21 bits per heavy atom. The number of nitrogens with one attached hydrogen (secondary N) is 1. The third kappa shape index (κ3) is 3.92. The van der Waals surface area contributed by atoms with Gasteiger partial charge in [-0.2, -0.15) is 0 Å². The first kappa shape index (κ1) is 15.9. The molecule has 1 rings (SSSR count). The van der Waals surface area contributed by atoms with Gasteiger partial charge in [-0.1, -0.05) is 13.8 Å². The highest BCUT2D eigenvalue weighted by Gasteiger charge is 2.17. The van der Waals surface area contributed by atoms with Crippen molar-refractivity contribution in [2.24, 2.45) is 5.92 Å². The summed E-state index contributed by atoms with van der Waals surface area (Å²) >= 11 is 0. The summed E-state index contributed by atoms with van der Waals surface area (Å²) in [6.45, 7) is 4.06. The molecule has 0 fully saturated rings. The van der Waals surface area contributed by atoms with Crippen molar-refractivity contribution in [2.75, 3.05) is 26.0 Å². The zero-order valence-electron chi connectivity index (χ0n) is 11.8. The van der Waals surface area contributed by atoms with E-state index in [-0.39, 0.29) is 23.5 Å². The van der Waals surface area contributed by atoms with Crippen molar-refractivity contribution in [1.29, 1.82) is 0 Å². The second-order valence-electron chi connectivity index (χ2n) is 4.99. The molecule has 0 radical (unpaired) electrons. The second kappa shape index (κ2) is 6.36. The number of sulfonamides is 1. The third-order valence-corrected chi connectivity index (χ3v) is 4.82. The molecule has 0 amide bonds.